The summed E-state index contributed by atoms with van der Waals surface area (Å²) in [5, 5.41) is 12.0. The summed E-state index contributed by atoms with van der Waals surface area (Å²) in [5.74, 6) is -0.980. The molecule has 230 valence electrons. The number of aromatic nitrogens is 1. The molecule has 1 aliphatic rings. The van der Waals surface area contributed by atoms with Gasteiger partial charge in [0.2, 0.25) is 0 Å². The Bertz CT molecular complexity index is 1640. The monoisotopic (exact) mass is 617 g/mol. The number of halogens is 6. The zero-order valence-electron chi connectivity index (χ0n) is 22.9. The number of hydrogen-bond donors (Lipinski definition) is 0. The molecule has 0 N–H and O–H groups in total. The van der Waals surface area contributed by atoms with Crippen LogP contribution in [0.1, 0.15) is 45.5 Å². The fraction of sp³-hybridized carbons (Fsp3) is 0.290. The van der Waals surface area contributed by atoms with Crippen molar-refractivity contribution in [3.05, 3.63) is 117 Å². The van der Waals surface area contributed by atoms with Crippen molar-refractivity contribution in [3.8, 4) is 0 Å². The maximum Gasteiger partial charge on any atom is 0.416 e. The van der Waals surface area contributed by atoms with Gasteiger partial charge in [0.1, 0.15) is 0 Å². The molecule has 5 rings (SSSR count). The highest BCUT2D eigenvalue weighted by Gasteiger charge is 2.39. The van der Waals surface area contributed by atoms with E-state index in [0.29, 0.717) is 17.7 Å². The summed E-state index contributed by atoms with van der Waals surface area (Å²) < 4.78 is 87.3. The van der Waals surface area contributed by atoms with E-state index in [2.05, 4.69) is 4.98 Å². The van der Waals surface area contributed by atoms with Crippen LogP contribution in [-0.4, -0.2) is 39.4 Å². The SMILES string of the molecule is O=C(c1cc(C(F)(F)F)cc(C(F)(F)F)c1)N1CC[C@H](OCc2ccnc3ccccc23)C[C@H]1Cc1ccc([N+](=O)[O-])cc1. The topological polar surface area (TPSA) is 85.6 Å². The van der Waals surface area contributed by atoms with Crippen molar-refractivity contribution in [2.24, 2.45) is 0 Å². The number of alkyl halides is 6. The van der Waals surface area contributed by atoms with Crippen LogP contribution in [0.5, 0.6) is 0 Å². The molecule has 0 spiro atoms. The lowest BCUT2D eigenvalue weighted by Crippen LogP contribution is -2.49. The van der Waals surface area contributed by atoms with Gasteiger partial charge >= 0.3 is 12.4 Å². The van der Waals surface area contributed by atoms with Crippen LogP contribution in [-0.2, 0) is 30.1 Å². The minimum Gasteiger partial charge on any atom is -0.373 e. The Morgan fingerprint density at radius 1 is 0.955 bits per heavy atom. The molecular formula is C31H25F6N3O4. The third-order valence-corrected chi connectivity index (χ3v) is 7.60. The zero-order chi connectivity index (χ0) is 31.6. The standard InChI is InChI=1S/C31H25F6N3O4/c32-30(33,34)22-14-21(15-23(16-22)31(35,36)37)29(41)39-12-10-26(17-25(39)13-19-5-7-24(8-6-19)40(42)43)44-18-20-9-11-38-28-4-2-1-3-27(20)28/h1-9,11,14-16,25-26H,10,12-13,17-18H2/t25-,26+/m1/s1. The van der Waals surface area contributed by atoms with E-state index in [-0.39, 0.29) is 50.3 Å². The molecule has 13 heteroatoms. The molecule has 44 heavy (non-hydrogen) atoms. The molecule has 0 saturated carbocycles. The van der Waals surface area contributed by atoms with Gasteiger partial charge in [-0.05, 0) is 60.7 Å². The Morgan fingerprint density at radius 2 is 1.61 bits per heavy atom. The number of hydrogen-bond acceptors (Lipinski definition) is 5. The molecule has 7 nitrogen and oxygen atoms in total. The van der Waals surface area contributed by atoms with Crippen LogP contribution in [0.3, 0.4) is 0 Å². The second-order valence-electron chi connectivity index (χ2n) is 10.5. The normalized spacial score (nSPS) is 17.5. The molecule has 0 bridgehead atoms. The van der Waals surface area contributed by atoms with Crippen molar-refractivity contribution in [2.45, 2.75) is 50.4 Å². The number of benzene rings is 3. The first-order valence-electron chi connectivity index (χ1n) is 13.6. The molecule has 3 aromatic carbocycles. The van der Waals surface area contributed by atoms with Crippen molar-refractivity contribution in [1.29, 1.82) is 0 Å². The Kier molecular flexibility index (Phi) is 8.60. The molecule has 2 heterocycles. The number of carbonyl (C=O) groups is 1. The van der Waals surface area contributed by atoms with Gasteiger partial charge in [-0.15, -0.1) is 0 Å². The van der Waals surface area contributed by atoms with Gasteiger partial charge in [-0.1, -0.05) is 30.3 Å². The van der Waals surface area contributed by atoms with Crippen LogP contribution in [0, 0.1) is 10.1 Å². The number of amides is 1. The van der Waals surface area contributed by atoms with E-state index in [9.17, 15) is 41.3 Å². The molecular weight excluding hydrogens is 592 g/mol. The van der Waals surface area contributed by atoms with Gasteiger partial charge in [-0.3, -0.25) is 19.9 Å². The second kappa shape index (κ2) is 12.2. The number of nitrogens with zero attached hydrogens (tertiary/aromatic N) is 3. The fourth-order valence-corrected chi connectivity index (χ4v) is 5.39. The minimum absolute atomic E-state index is 0.00976. The molecule has 2 atom stereocenters. The zero-order valence-corrected chi connectivity index (χ0v) is 22.9. The number of nitro groups is 1. The predicted octanol–water partition coefficient (Wildman–Crippen LogP) is 7.61. The fourth-order valence-electron chi connectivity index (χ4n) is 5.39. The number of carbonyl (C=O) groups excluding carboxylic acids is 1. The van der Waals surface area contributed by atoms with E-state index in [0.717, 1.165) is 16.5 Å². The highest BCUT2D eigenvalue weighted by atomic mass is 19.4. The van der Waals surface area contributed by atoms with Crippen LogP contribution < -0.4 is 0 Å². The molecule has 1 amide bonds. The Labute approximate surface area is 247 Å². The lowest BCUT2D eigenvalue weighted by molar-refractivity contribution is -0.384. The third kappa shape index (κ3) is 6.99. The van der Waals surface area contributed by atoms with E-state index in [1.54, 1.807) is 6.20 Å². The Morgan fingerprint density at radius 3 is 2.25 bits per heavy atom. The van der Waals surface area contributed by atoms with Crippen LogP contribution in [0.15, 0.2) is 79.0 Å². The highest BCUT2D eigenvalue weighted by Crippen LogP contribution is 2.37. The van der Waals surface area contributed by atoms with Crippen LogP contribution in [0.4, 0.5) is 32.0 Å². The molecule has 1 aliphatic heterocycles. The summed E-state index contributed by atoms with van der Waals surface area (Å²) in [5.41, 5.74) is -1.78. The molecule has 1 saturated heterocycles. The number of piperidine rings is 1. The summed E-state index contributed by atoms with van der Waals surface area (Å²) in [6.07, 6.45) is -8.27. The largest absolute Gasteiger partial charge is 0.416 e. The third-order valence-electron chi connectivity index (χ3n) is 7.60. The number of likely N-dealkylation sites (tertiary alicyclic amines) is 1. The van der Waals surface area contributed by atoms with Crippen LogP contribution >= 0.6 is 0 Å². The number of nitro benzene ring substituents is 1. The van der Waals surface area contributed by atoms with Crippen molar-refractivity contribution in [2.75, 3.05) is 6.54 Å². The van der Waals surface area contributed by atoms with Gasteiger partial charge in [-0.25, -0.2) is 0 Å². The lowest BCUT2D eigenvalue weighted by Gasteiger charge is -2.40. The Balaban J connectivity index is 1.42. The van der Waals surface area contributed by atoms with E-state index < -0.39 is 45.9 Å². The highest BCUT2D eigenvalue weighted by molar-refractivity contribution is 5.95. The second-order valence-corrected chi connectivity index (χ2v) is 10.5. The number of ether oxygens (including phenoxy) is 1. The van der Waals surface area contributed by atoms with E-state index in [4.69, 9.17) is 4.74 Å². The maximum absolute atomic E-state index is 13.6. The molecule has 0 radical (unpaired) electrons. The van der Waals surface area contributed by atoms with Gasteiger partial charge in [-0.2, -0.15) is 26.3 Å². The number of para-hydroxylation sites is 1. The molecule has 1 aromatic heterocycles. The van der Waals surface area contributed by atoms with Gasteiger partial charge in [0, 0.05) is 41.9 Å². The number of non-ortho nitro benzene ring substituents is 1. The first-order valence-corrected chi connectivity index (χ1v) is 13.6. The van der Waals surface area contributed by atoms with Gasteiger partial charge in [0.05, 0.1) is 34.3 Å². The van der Waals surface area contributed by atoms with Gasteiger partial charge in [0.15, 0.2) is 0 Å². The first kappa shape index (κ1) is 30.9. The van der Waals surface area contributed by atoms with Crippen molar-refractivity contribution in [3.63, 3.8) is 0 Å². The average Bonchev–Trinajstić information content (AvgIpc) is 2.99. The molecule has 4 aromatic rings. The average molecular weight is 618 g/mol. The van der Waals surface area contributed by atoms with E-state index >= 15 is 0 Å². The van der Waals surface area contributed by atoms with Gasteiger partial charge in [0.25, 0.3) is 11.6 Å². The lowest BCUT2D eigenvalue weighted by atomic mass is 9.92. The summed E-state index contributed by atoms with van der Waals surface area (Å²) in [6.45, 7) is 0.226. The Hall–Kier alpha value is -4.52. The smallest absolute Gasteiger partial charge is 0.373 e. The van der Waals surface area contributed by atoms with Crippen LogP contribution in [0.2, 0.25) is 0 Å². The molecule has 0 unspecified atom stereocenters. The molecule has 1 fully saturated rings. The van der Waals surface area contributed by atoms with Crippen molar-refractivity contribution >= 4 is 22.5 Å². The van der Waals surface area contributed by atoms with Gasteiger partial charge < -0.3 is 9.64 Å². The quantitative estimate of drug-likeness (QED) is 0.121. The van der Waals surface area contributed by atoms with Crippen molar-refractivity contribution in [1.82, 2.24) is 9.88 Å². The van der Waals surface area contributed by atoms with Crippen LogP contribution in [0.25, 0.3) is 10.9 Å². The maximum atomic E-state index is 13.6. The summed E-state index contributed by atoms with van der Waals surface area (Å²) in [6, 6.07) is 15.1. The minimum atomic E-state index is -5.10. The summed E-state index contributed by atoms with van der Waals surface area (Å²) in [4.78, 5) is 29.7. The first-order chi connectivity index (χ1) is 20.8. The summed E-state index contributed by atoms with van der Waals surface area (Å²) in [7, 11) is 0. The van der Waals surface area contributed by atoms with E-state index in [1.807, 2.05) is 30.3 Å². The predicted molar refractivity (Wildman–Crippen MR) is 148 cm³/mol. The number of pyridine rings is 1. The van der Waals surface area contributed by atoms with Crippen molar-refractivity contribution < 1.29 is 40.8 Å². The van der Waals surface area contributed by atoms with E-state index in [1.165, 1.54) is 29.2 Å². The number of fused-ring (bicyclic) bond motifs is 1. The number of rotatable bonds is 7. The summed E-state index contributed by atoms with van der Waals surface area (Å²) >= 11 is 0. The molecule has 0 aliphatic carbocycles.